The molecule has 0 radical (unpaired) electrons. The number of rotatable bonds is 7. The summed E-state index contributed by atoms with van der Waals surface area (Å²) in [7, 11) is 1.50. The van der Waals surface area contributed by atoms with Gasteiger partial charge in [0.1, 0.15) is 5.75 Å². The minimum atomic E-state index is -0.935. The van der Waals surface area contributed by atoms with E-state index in [0.29, 0.717) is 16.5 Å². The van der Waals surface area contributed by atoms with Gasteiger partial charge in [-0.25, -0.2) is 0 Å². The summed E-state index contributed by atoms with van der Waals surface area (Å²) in [5.74, 6) is -0.720. The van der Waals surface area contributed by atoms with E-state index < -0.39 is 5.97 Å². The number of carbonyl (C=O) groups excluding carboxylic acids is 1. The normalized spacial score (nSPS) is 14.0. The van der Waals surface area contributed by atoms with E-state index in [0.717, 1.165) is 12.8 Å². The molecule has 0 aromatic heterocycles. The standard InChI is InChI=1S/C14H17ClN2O4/c1-21-12-5-2-9(15)6-11(12)16-13(18)7-17(8-14(19)20)10-3-4-10/h2,5-6,10H,3-4,7-8H2,1H3,(H,16,18)(H,19,20). The third-order valence-corrected chi connectivity index (χ3v) is 3.42. The molecule has 2 N–H and O–H groups in total. The van der Waals surface area contributed by atoms with E-state index in [9.17, 15) is 9.59 Å². The van der Waals surface area contributed by atoms with Crippen LogP contribution in [0.15, 0.2) is 18.2 Å². The lowest BCUT2D eigenvalue weighted by Crippen LogP contribution is -2.38. The number of nitrogens with one attached hydrogen (secondary N) is 1. The van der Waals surface area contributed by atoms with Crippen LogP contribution in [0.5, 0.6) is 5.75 Å². The Balaban J connectivity index is 2.00. The van der Waals surface area contributed by atoms with Crippen molar-refractivity contribution in [3.8, 4) is 5.75 Å². The summed E-state index contributed by atoms with van der Waals surface area (Å²) >= 11 is 5.90. The molecule has 1 amide bonds. The topological polar surface area (TPSA) is 78.9 Å². The molecule has 0 bridgehead atoms. The summed E-state index contributed by atoms with van der Waals surface area (Å²) in [5, 5.41) is 12.1. The van der Waals surface area contributed by atoms with Crippen molar-refractivity contribution in [2.75, 3.05) is 25.5 Å². The maximum Gasteiger partial charge on any atom is 0.317 e. The number of methoxy groups -OCH3 is 1. The Hall–Kier alpha value is -1.79. The van der Waals surface area contributed by atoms with Crippen molar-refractivity contribution in [1.82, 2.24) is 4.90 Å². The summed E-state index contributed by atoms with van der Waals surface area (Å²) < 4.78 is 5.15. The molecule has 0 unspecified atom stereocenters. The highest BCUT2D eigenvalue weighted by atomic mass is 35.5. The number of carbonyl (C=O) groups is 2. The first-order valence-corrected chi connectivity index (χ1v) is 6.96. The van der Waals surface area contributed by atoms with E-state index >= 15 is 0 Å². The third kappa shape index (κ3) is 4.61. The van der Waals surface area contributed by atoms with Crippen LogP contribution < -0.4 is 10.1 Å². The van der Waals surface area contributed by atoms with Gasteiger partial charge in [-0.15, -0.1) is 0 Å². The quantitative estimate of drug-likeness (QED) is 0.803. The molecule has 0 atom stereocenters. The van der Waals surface area contributed by atoms with Crippen LogP contribution in [0.2, 0.25) is 5.02 Å². The molecule has 1 saturated carbocycles. The first-order chi connectivity index (χ1) is 9.99. The third-order valence-electron chi connectivity index (χ3n) is 3.18. The van der Waals surface area contributed by atoms with Crippen LogP contribution in [0, 0.1) is 0 Å². The molecule has 0 heterocycles. The number of hydrogen-bond acceptors (Lipinski definition) is 4. The number of hydrogen-bond donors (Lipinski definition) is 2. The van der Waals surface area contributed by atoms with Gasteiger partial charge >= 0.3 is 5.97 Å². The summed E-state index contributed by atoms with van der Waals surface area (Å²) in [6.45, 7) is -0.0998. The Morgan fingerprint density at radius 1 is 1.43 bits per heavy atom. The molecule has 0 aliphatic heterocycles. The molecular formula is C14H17ClN2O4. The number of nitrogens with zero attached hydrogens (tertiary/aromatic N) is 1. The average Bonchev–Trinajstić information content (AvgIpc) is 3.21. The van der Waals surface area contributed by atoms with E-state index in [1.165, 1.54) is 7.11 Å². The van der Waals surface area contributed by atoms with Gasteiger partial charge in [-0.3, -0.25) is 14.5 Å². The Bertz CT molecular complexity index is 546. The number of halogens is 1. The van der Waals surface area contributed by atoms with Crippen molar-refractivity contribution < 1.29 is 19.4 Å². The highest BCUT2D eigenvalue weighted by Gasteiger charge is 2.31. The fourth-order valence-corrected chi connectivity index (χ4v) is 2.25. The Labute approximate surface area is 127 Å². The molecule has 21 heavy (non-hydrogen) atoms. The number of ether oxygens (including phenoxy) is 1. The van der Waals surface area contributed by atoms with Crippen molar-refractivity contribution in [3.63, 3.8) is 0 Å². The van der Waals surface area contributed by atoms with Crippen molar-refractivity contribution in [2.45, 2.75) is 18.9 Å². The predicted octanol–water partition coefficient (Wildman–Crippen LogP) is 1.84. The second-order valence-electron chi connectivity index (χ2n) is 4.92. The predicted molar refractivity (Wildman–Crippen MR) is 78.9 cm³/mol. The zero-order chi connectivity index (χ0) is 15.4. The SMILES string of the molecule is COc1ccc(Cl)cc1NC(=O)CN(CC(=O)O)C1CC1. The second-order valence-corrected chi connectivity index (χ2v) is 5.36. The molecular weight excluding hydrogens is 296 g/mol. The number of benzene rings is 1. The fraction of sp³-hybridized carbons (Fsp3) is 0.429. The van der Waals surface area contributed by atoms with Crippen LogP contribution in [0.4, 0.5) is 5.69 Å². The van der Waals surface area contributed by atoms with Gasteiger partial charge in [0, 0.05) is 11.1 Å². The Kier molecular flexibility index (Phi) is 5.03. The molecule has 1 aromatic carbocycles. The van der Waals surface area contributed by atoms with Crippen molar-refractivity contribution >= 4 is 29.2 Å². The molecule has 1 aliphatic carbocycles. The zero-order valence-corrected chi connectivity index (χ0v) is 12.4. The summed E-state index contributed by atoms with van der Waals surface area (Å²) in [6.07, 6.45) is 1.86. The van der Waals surface area contributed by atoms with E-state index in [2.05, 4.69) is 5.32 Å². The van der Waals surface area contributed by atoms with E-state index in [1.807, 2.05) is 0 Å². The summed E-state index contributed by atoms with van der Waals surface area (Å²) in [4.78, 5) is 24.5. The lowest BCUT2D eigenvalue weighted by Gasteiger charge is -2.19. The lowest BCUT2D eigenvalue weighted by molar-refractivity contribution is -0.138. The molecule has 1 aromatic rings. The molecule has 114 valence electrons. The molecule has 6 nitrogen and oxygen atoms in total. The van der Waals surface area contributed by atoms with Gasteiger partial charge in [-0.05, 0) is 31.0 Å². The number of aliphatic carboxylic acids is 1. The van der Waals surface area contributed by atoms with Crippen LogP contribution in [-0.2, 0) is 9.59 Å². The highest BCUT2D eigenvalue weighted by molar-refractivity contribution is 6.31. The molecule has 1 aliphatic rings. The van der Waals surface area contributed by atoms with Crippen LogP contribution in [0.3, 0.4) is 0 Å². The number of anilines is 1. The molecule has 7 heteroatoms. The van der Waals surface area contributed by atoms with Gasteiger partial charge in [0.15, 0.2) is 0 Å². The molecule has 1 fully saturated rings. The zero-order valence-electron chi connectivity index (χ0n) is 11.6. The molecule has 2 rings (SSSR count). The summed E-state index contributed by atoms with van der Waals surface area (Å²) in [5.41, 5.74) is 0.473. The smallest absolute Gasteiger partial charge is 0.317 e. The van der Waals surface area contributed by atoms with Gasteiger partial charge in [-0.2, -0.15) is 0 Å². The molecule has 0 spiro atoms. The average molecular weight is 313 g/mol. The van der Waals surface area contributed by atoms with Crippen LogP contribution in [-0.4, -0.2) is 48.1 Å². The largest absolute Gasteiger partial charge is 0.495 e. The first kappa shape index (κ1) is 15.6. The van der Waals surface area contributed by atoms with E-state index in [1.54, 1.807) is 23.1 Å². The van der Waals surface area contributed by atoms with Gasteiger partial charge in [0.05, 0.1) is 25.9 Å². The van der Waals surface area contributed by atoms with Gasteiger partial charge in [0.2, 0.25) is 5.91 Å². The first-order valence-electron chi connectivity index (χ1n) is 6.59. The Morgan fingerprint density at radius 3 is 2.71 bits per heavy atom. The van der Waals surface area contributed by atoms with E-state index in [4.69, 9.17) is 21.4 Å². The molecule has 0 saturated heterocycles. The Morgan fingerprint density at radius 2 is 2.14 bits per heavy atom. The highest BCUT2D eigenvalue weighted by Crippen LogP contribution is 2.29. The second kappa shape index (κ2) is 6.78. The van der Waals surface area contributed by atoms with Crippen LogP contribution in [0.1, 0.15) is 12.8 Å². The minimum Gasteiger partial charge on any atom is -0.495 e. The van der Waals surface area contributed by atoms with Crippen molar-refractivity contribution in [2.24, 2.45) is 0 Å². The fourth-order valence-electron chi connectivity index (χ4n) is 2.08. The van der Waals surface area contributed by atoms with Crippen molar-refractivity contribution in [1.29, 1.82) is 0 Å². The van der Waals surface area contributed by atoms with Gasteiger partial charge in [0.25, 0.3) is 0 Å². The monoisotopic (exact) mass is 312 g/mol. The number of carboxylic acids is 1. The minimum absolute atomic E-state index is 0.0344. The van der Waals surface area contributed by atoms with Gasteiger partial charge in [-0.1, -0.05) is 11.6 Å². The van der Waals surface area contributed by atoms with E-state index in [-0.39, 0.29) is 25.0 Å². The van der Waals surface area contributed by atoms with Crippen molar-refractivity contribution in [3.05, 3.63) is 23.2 Å². The summed E-state index contributed by atoms with van der Waals surface area (Å²) in [6, 6.07) is 5.11. The van der Waals surface area contributed by atoms with Gasteiger partial charge < -0.3 is 15.2 Å². The van der Waals surface area contributed by atoms with Crippen LogP contribution >= 0.6 is 11.6 Å². The number of amides is 1. The number of carboxylic acid groups (broad SMARTS) is 1. The lowest BCUT2D eigenvalue weighted by atomic mass is 10.3. The maximum atomic E-state index is 12.1. The maximum absolute atomic E-state index is 12.1. The van der Waals surface area contributed by atoms with Crippen LogP contribution in [0.25, 0.3) is 0 Å².